The first-order valence-corrected chi connectivity index (χ1v) is 8.87. The number of carbonyl (C=O) groups is 5. The van der Waals surface area contributed by atoms with Gasteiger partial charge in [0, 0.05) is 13.0 Å². The van der Waals surface area contributed by atoms with E-state index in [4.69, 9.17) is 21.7 Å². The molecular weight excluding hydrogens is 374 g/mol. The number of amides is 4. The number of aliphatic carboxylic acids is 1. The van der Waals surface area contributed by atoms with E-state index in [2.05, 4.69) is 10.6 Å². The number of aliphatic hydroxyl groups is 1. The van der Waals surface area contributed by atoms with Gasteiger partial charge >= 0.3 is 5.97 Å². The van der Waals surface area contributed by atoms with Gasteiger partial charge in [0.15, 0.2) is 0 Å². The van der Waals surface area contributed by atoms with Gasteiger partial charge in [-0.25, -0.2) is 0 Å². The predicted octanol–water partition coefficient (Wildman–Crippen LogP) is -3.36. The van der Waals surface area contributed by atoms with Crippen LogP contribution in [0.25, 0.3) is 0 Å². The molecule has 1 saturated heterocycles. The lowest BCUT2D eigenvalue weighted by Crippen LogP contribution is -2.57. The van der Waals surface area contributed by atoms with E-state index in [1.54, 1.807) is 0 Å². The monoisotopic (exact) mass is 401 g/mol. The molecule has 158 valence electrons. The van der Waals surface area contributed by atoms with Crippen molar-refractivity contribution in [1.29, 1.82) is 0 Å². The minimum atomic E-state index is -1.25. The first-order valence-electron chi connectivity index (χ1n) is 8.87. The van der Waals surface area contributed by atoms with Gasteiger partial charge < -0.3 is 37.2 Å². The number of nitrogens with one attached hydrogen (secondary N) is 2. The van der Waals surface area contributed by atoms with Crippen molar-refractivity contribution < 1.29 is 34.2 Å². The molecule has 1 aliphatic heterocycles. The Hall–Kier alpha value is -2.73. The summed E-state index contributed by atoms with van der Waals surface area (Å²) in [7, 11) is 0. The van der Waals surface area contributed by atoms with Crippen LogP contribution >= 0.6 is 0 Å². The maximum Gasteiger partial charge on any atom is 0.325 e. The maximum atomic E-state index is 12.9. The summed E-state index contributed by atoms with van der Waals surface area (Å²) in [5.41, 5.74) is 10.5. The minimum Gasteiger partial charge on any atom is -0.480 e. The molecule has 28 heavy (non-hydrogen) atoms. The largest absolute Gasteiger partial charge is 0.480 e. The molecule has 1 heterocycles. The normalized spacial score (nSPS) is 19.4. The second-order valence-corrected chi connectivity index (χ2v) is 6.61. The van der Waals surface area contributed by atoms with Crippen LogP contribution in [-0.2, 0) is 24.0 Å². The molecule has 12 nitrogen and oxygen atoms in total. The fraction of sp³-hybridized carbons (Fsp3) is 0.688. The highest BCUT2D eigenvalue weighted by molar-refractivity contribution is 5.94. The second-order valence-electron chi connectivity index (χ2n) is 6.61. The van der Waals surface area contributed by atoms with Gasteiger partial charge in [-0.1, -0.05) is 0 Å². The number of nitrogens with two attached hydrogens (primary N) is 2. The fourth-order valence-electron chi connectivity index (χ4n) is 2.78. The summed E-state index contributed by atoms with van der Waals surface area (Å²) in [4.78, 5) is 60.4. The number of nitrogens with zero attached hydrogens (tertiary/aromatic N) is 1. The van der Waals surface area contributed by atoms with Crippen molar-refractivity contribution in [2.75, 3.05) is 13.2 Å². The number of rotatable bonds is 10. The average Bonchev–Trinajstić information content (AvgIpc) is 3.13. The third-order valence-electron chi connectivity index (χ3n) is 4.40. The van der Waals surface area contributed by atoms with Crippen molar-refractivity contribution in [3.63, 3.8) is 0 Å². The van der Waals surface area contributed by atoms with Crippen molar-refractivity contribution in [2.24, 2.45) is 11.5 Å². The Morgan fingerprint density at radius 2 is 1.86 bits per heavy atom. The average molecular weight is 401 g/mol. The summed E-state index contributed by atoms with van der Waals surface area (Å²) in [6, 6.07) is -4.44. The van der Waals surface area contributed by atoms with Crippen LogP contribution < -0.4 is 22.1 Å². The predicted molar refractivity (Wildman–Crippen MR) is 95.4 cm³/mol. The van der Waals surface area contributed by atoms with E-state index in [0.717, 1.165) is 0 Å². The first kappa shape index (κ1) is 23.3. The van der Waals surface area contributed by atoms with Gasteiger partial charge in [0.05, 0.1) is 6.61 Å². The van der Waals surface area contributed by atoms with E-state index < -0.39 is 60.4 Å². The van der Waals surface area contributed by atoms with Crippen LogP contribution in [0.5, 0.6) is 0 Å². The Balaban J connectivity index is 2.91. The molecule has 4 atom stereocenters. The topological polar surface area (TPSA) is 205 Å². The van der Waals surface area contributed by atoms with Crippen LogP contribution in [0.4, 0.5) is 0 Å². The minimum absolute atomic E-state index is 0.103. The number of carboxylic acids is 1. The molecule has 0 aromatic heterocycles. The highest BCUT2D eigenvalue weighted by Crippen LogP contribution is 2.20. The van der Waals surface area contributed by atoms with E-state index in [-0.39, 0.29) is 19.4 Å². The van der Waals surface area contributed by atoms with Crippen molar-refractivity contribution >= 4 is 29.6 Å². The number of carbonyl (C=O) groups excluding carboxylic acids is 4. The number of aliphatic hydroxyl groups excluding tert-OH is 1. The van der Waals surface area contributed by atoms with Crippen molar-refractivity contribution in [2.45, 2.75) is 56.8 Å². The first-order chi connectivity index (χ1) is 13.1. The zero-order chi connectivity index (χ0) is 21.4. The van der Waals surface area contributed by atoms with Gasteiger partial charge in [-0.05, 0) is 26.2 Å². The summed E-state index contributed by atoms with van der Waals surface area (Å²) in [5.74, 6) is -3.91. The van der Waals surface area contributed by atoms with Crippen LogP contribution in [-0.4, -0.2) is 82.0 Å². The van der Waals surface area contributed by atoms with Gasteiger partial charge in [0.25, 0.3) is 0 Å². The lowest BCUT2D eigenvalue weighted by atomic mass is 10.1. The van der Waals surface area contributed by atoms with E-state index >= 15 is 0 Å². The SMILES string of the molecule is CC(NC(=O)C1CCCN1C(=O)C(CCC(N)=O)NC(=O)C(N)CO)C(=O)O. The van der Waals surface area contributed by atoms with E-state index in [9.17, 15) is 24.0 Å². The molecule has 0 spiro atoms. The lowest BCUT2D eigenvalue weighted by molar-refractivity contribution is -0.144. The Morgan fingerprint density at radius 3 is 2.39 bits per heavy atom. The Labute approximate surface area is 161 Å². The summed E-state index contributed by atoms with van der Waals surface area (Å²) >= 11 is 0. The summed E-state index contributed by atoms with van der Waals surface area (Å²) < 4.78 is 0. The molecule has 0 saturated carbocycles. The highest BCUT2D eigenvalue weighted by atomic mass is 16.4. The Kier molecular flexibility index (Phi) is 8.79. The lowest BCUT2D eigenvalue weighted by Gasteiger charge is -2.29. The molecule has 1 aliphatic rings. The molecular formula is C16H27N5O7. The van der Waals surface area contributed by atoms with Crippen LogP contribution in [0, 0.1) is 0 Å². The molecule has 1 rings (SSSR count). The standard InChI is InChI=1S/C16H27N5O7/c1-8(16(27)28)19-14(25)11-3-2-6-21(11)15(26)10(4-5-12(18)23)20-13(24)9(17)7-22/h8-11,22H,2-7,17H2,1H3,(H2,18,23)(H,19,25)(H,20,24)(H,27,28). The molecule has 0 bridgehead atoms. The molecule has 12 heteroatoms. The number of hydrogen-bond donors (Lipinski definition) is 6. The van der Waals surface area contributed by atoms with Crippen molar-refractivity contribution in [1.82, 2.24) is 15.5 Å². The molecule has 8 N–H and O–H groups in total. The molecule has 0 aromatic carbocycles. The van der Waals surface area contributed by atoms with Gasteiger partial charge in [0.1, 0.15) is 24.2 Å². The van der Waals surface area contributed by atoms with Crippen LogP contribution in [0.1, 0.15) is 32.6 Å². The zero-order valence-electron chi connectivity index (χ0n) is 15.6. The number of hydrogen-bond acceptors (Lipinski definition) is 7. The third kappa shape index (κ3) is 6.46. The molecule has 0 aromatic rings. The third-order valence-corrected chi connectivity index (χ3v) is 4.40. The Bertz CT molecular complexity index is 627. The summed E-state index contributed by atoms with van der Waals surface area (Å²) in [6.45, 7) is 0.894. The van der Waals surface area contributed by atoms with E-state index in [0.29, 0.717) is 12.8 Å². The quantitative estimate of drug-likeness (QED) is 0.217. The molecule has 4 amide bonds. The Morgan fingerprint density at radius 1 is 1.21 bits per heavy atom. The van der Waals surface area contributed by atoms with E-state index in [1.165, 1.54) is 11.8 Å². The fourth-order valence-corrected chi connectivity index (χ4v) is 2.78. The van der Waals surface area contributed by atoms with Crippen molar-refractivity contribution in [3.8, 4) is 0 Å². The van der Waals surface area contributed by atoms with Gasteiger partial charge in [-0.2, -0.15) is 0 Å². The summed E-state index contributed by atoms with van der Waals surface area (Å²) in [6.07, 6.45) is 0.550. The number of carboxylic acid groups (broad SMARTS) is 1. The zero-order valence-corrected chi connectivity index (χ0v) is 15.6. The smallest absolute Gasteiger partial charge is 0.325 e. The van der Waals surface area contributed by atoms with Crippen molar-refractivity contribution in [3.05, 3.63) is 0 Å². The van der Waals surface area contributed by atoms with Crippen LogP contribution in [0.15, 0.2) is 0 Å². The molecule has 1 fully saturated rings. The number of primary amides is 1. The summed E-state index contributed by atoms with van der Waals surface area (Å²) in [5, 5.41) is 22.6. The second kappa shape index (κ2) is 10.6. The highest BCUT2D eigenvalue weighted by Gasteiger charge is 2.38. The van der Waals surface area contributed by atoms with Gasteiger partial charge in [-0.3, -0.25) is 24.0 Å². The van der Waals surface area contributed by atoms with Gasteiger partial charge in [0.2, 0.25) is 23.6 Å². The molecule has 0 radical (unpaired) electrons. The van der Waals surface area contributed by atoms with E-state index in [1.807, 2.05) is 0 Å². The molecule has 4 unspecified atom stereocenters. The van der Waals surface area contributed by atoms with Crippen LogP contribution in [0.3, 0.4) is 0 Å². The van der Waals surface area contributed by atoms with Gasteiger partial charge in [-0.15, -0.1) is 0 Å². The number of likely N-dealkylation sites (tertiary alicyclic amines) is 1. The molecule has 0 aliphatic carbocycles. The maximum absolute atomic E-state index is 12.9. The van der Waals surface area contributed by atoms with Crippen LogP contribution in [0.2, 0.25) is 0 Å².